The summed E-state index contributed by atoms with van der Waals surface area (Å²) in [5.41, 5.74) is -1.17. The number of hydrogen-bond acceptors (Lipinski definition) is 3. The van der Waals surface area contributed by atoms with Gasteiger partial charge in [0.2, 0.25) is 0 Å². The number of aliphatic hydroxyl groups is 1. The van der Waals surface area contributed by atoms with Gasteiger partial charge in [-0.05, 0) is 19.8 Å². The van der Waals surface area contributed by atoms with E-state index < -0.39 is 23.2 Å². The summed E-state index contributed by atoms with van der Waals surface area (Å²) in [5, 5.41) is 19.1. The van der Waals surface area contributed by atoms with Crippen LogP contribution in [0, 0.1) is 0 Å². The fraction of sp³-hybridized carbons (Fsp3) is 0.462. The Morgan fingerprint density at radius 2 is 2.00 bits per heavy atom. The number of fused-ring (bicyclic) bond motifs is 1. The van der Waals surface area contributed by atoms with Crippen LogP contribution in [0.5, 0.6) is 5.75 Å². The van der Waals surface area contributed by atoms with E-state index in [1.807, 2.05) is 0 Å². The molecule has 0 aromatic carbocycles. The SMILES string of the molecule is CC1(O)CC(c2cn3c(C(F)(F)F)cc(O)cc3n2)C1. The van der Waals surface area contributed by atoms with E-state index in [0.29, 0.717) is 24.6 Å². The van der Waals surface area contributed by atoms with Crippen molar-refractivity contribution in [2.75, 3.05) is 0 Å². The average Bonchev–Trinajstić information content (AvgIpc) is 2.66. The van der Waals surface area contributed by atoms with Crippen LogP contribution in [0.1, 0.15) is 37.1 Å². The molecule has 0 aliphatic heterocycles. The second kappa shape index (κ2) is 3.88. The van der Waals surface area contributed by atoms with Gasteiger partial charge < -0.3 is 10.2 Å². The maximum atomic E-state index is 12.9. The van der Waals surface area contributed by atoms with Gasteiger partial charge in [0.05, 0.1) is 11.3 Å². The van der Waals surface area contributed by atoms with Crippen molar-refractivity contribution in [2.45, 2.75) is 37.5 Å². The summed E-state index contributed by atoms with van der Waals surface area (Å²) in [6.45, 7) is 1.69. The molecule has 1 fully saturated rings. The molecule has 108 valence electrons. The number of hydrogen-bond donors (Lipinski definition) is 2. The molecule has 0 radical (unpaired) electrons. The Bertz CT molecular complexity index is 668. The van der Waals surface area contributed by atoms with Gasteiger partial charge in [0, 0.05) is 24.2 Å². The zero-order valence-corrected chi connectivity index (χ0v) is 10.6. The fourth-order valence-corrected chi connectivity index (χ4v) is 2.72. The summed E-state index contributed by atoms with van der Waals surface area (Å²) in [4.78, 5) is 4.13. The van der Waals surface area contributed by atoms with E-state index in [2.05, 4.69) is 4.98 Å². The van der Waals surface area contributed by atoms with Crippen LogP contribution < -0.4 is 0 Å². The highest BCUT2D eigenvalue weighted by Gasteiger charge is 2.41. The molecule has 2 aromatic rings. The lowest BCUT2D eigenvalue weighted by Gasteiger charge is -2.39. The Hall–Kier alpha value is -1.76. The van der Waals surface area contributed by atoms with Crippen LogP contribution >= 0.6 is 0 Å². The van der Waals surface area contributed by atoms with Crippen LogP contribution in [-0.2, 0) is 6.18 Å². The summed E-state index contributed by atoms with van der Waals surface area (Å²) >= 11 is 0. The van der Waals surface area contributed by atoms with E-state index >= 15 is 0 Å². The third-order valence-electron chi connectivity index (χ3n) is 3.65. The maximum Gasteiger partial charge on any atom is 0.431 e. The van der Waals surface area contributed by atoms with Crippen molar-refractivity contribution >= 4 is 5.65 Å². The zero-order valence-electron chi connectivity index (χ0n) is 10.6. The minimum absolute atomic E-state index is 0.0480. The standard InChI is InChI=1S/C13H13F3N2O2/c1-12(20)4-7(5-12)9-6-18-10(13(14,15)16)2-8(19)3-11(18)17-9/h2-3,6-7,19-20H,4-5H2,1H3. The van der Waals surface area contributed by atoms with Crippen molar-refractivity contribution in [2.24, 2.45) is 0 Å². The highest BCUT2D eigenvalue weighted by atomic mass is 19.4. The van der Waals surface area contributed by atoms with Gasteiger partial charge in [-0.15, -0.1) is 0 Å². The number of aromatic nitrogens is 2. The summed E-state index contributed by atoms with van der Waals surface area (Å²) in [5.74, 6) is -0.518. The molecule has 3 rings (SSSR count). The van der Waals surface area contributed by atoms with Crippen molar-refractivity contribution in [3.8, 4) is 5.75 Å². The molecule has 1 saturated carbocycles. The molecule has 2 N–H and O–H groups in total. The highest BCUT2D eigenvalue weighted by molar-refractivity contribution is 5.48. The molecule has 0 spiro atoms. The molecule has 4 nitrogen and oxygen atoms in total. The van der Waals surface area contributed by atoms with E-state index in [1.54, 1.807) is 6.92 Å². The zero-order chi connectivity index (χ0) is 14.7. The molecule has 2 heterocycles. The highest BCUT2D eigenvalue weighted by Crippen LogP contribution is 2.44. The number of nitrogens with zero attached hydrogens (tertiary/aromatic N) is 2. The maximum absolute atomic E-state index is 12.9. The first-order valence-electron chi connectivity index (χ1n) is 6.17. The number of aromatic hydroxyl groups is 1. The molecular weight excluding hydrogens is 273 g/mol. The number of alkyl halides is 3. The monoisotopic (exact) mass is 286 g/mol. The lowest BCUT2D eigenvalue weighted by atomic mass is 9.71. The van der Waals surface area contributed by atoms with Crippen LogP contribution in [0.15, 0.2) is 18.3 Å². The lowest BCUT2D eigenvalue weighted by molar-refractivity contribution is -0.142. The molecule has 1 aliphatic carbocycles. The molecule has 2 aromatic heterocycles. The Kier molecular flexibility index (Phi) is 2.57. The fourth-order valence-electron chi connectivity index (χ4n) is 2.72. The van der Waals surface area contributed by atoms with Crippen LogP contribution in [0.2, 0.25) is 0 Å². The second-order valence-corrected chi connectivity index (χ2v) is 5.59. The summed E-state index contributed by atoms with van der Waals surface area (Å²) in [6.07, 6.45) is -2.29. The number of rotatable bonds is 1. The third-order valence-corrected chi connectivity index (χ3v) is 3.65. The molecule has 7 heteroatoms. The van der Waals surface area contributed by atoms with Crippen LogP contribution in [0.3, 0.4) is 0 Å². The molecule has 0 unspecified atom stereocenters. The lowest BCUT2D eigenvalue weighted by Crippen LogP contribution is -2.39. The van der Waals surface area contributed by atoms with E-state index in [4.69, 9.17) is 0 Å². The first-order chi connectivity index (χ1) is 9.16. The van der Waals surface area contributed by atoms with Crippen molar-refractivity contribution in [3.05, 3.63) is 29.7 Å². The largest absolute Gasteiger partial charge is 0.508 e. The smallest absolute Gasteiger partial charge is 0.431 e. The molecule has 1 aliphatic rings. The third kappa shape index (κ3) is 2.11. The quantitative estimate of drug-likeness (QED) is 0.847. The minimum atomic E-state index is -4.57. The summed E-state index contributed by atoms with van der Waals surface area (Å²) in [6, 6.07) is 1.87. The van der Waals surface area contributed by atoms with Crippen molar-refractivity contribution < 1.29 is 23.4 Å². The first kappa shape index (κ1) is 13.2. The second-order valence-electron chi connectivity index (χ2n) is 5.59. The normalized spacial score (nSPS) is 26.8. The molecule has 0 amide bonds. The predicted octanol–water partition coefficient (Wildman–Crippen LogP) is 2.69. The number of imidazole rings is 1. The Balaban J connectivity index is 2.07. The van der Waals surface area contributed by atoms with Gasteiger partial charge in [0.15, 0.2) is 0 Å². The van der Waals surface area contributed by atoms with Crippen molar-refractivity contribution in [1.82, 2.24) is 9.38 Å². The van der Waals surface area contributed by atoms with E-state index in [-0.39, 0.29) is 11.6 Å². The summed E-state index contributed by atoms with van der Waals surface area (Å²) in [7, 11) is 0. The topological polar surface area (TPSA) is 57.8 Å². The van der Waals surface area contributed by atoms with E-state index in [1.165, 1.54) is 12.3 Å². The molecule has 20 heavy (non-hydrogen) atoms. The number of halogens is 3. The molecule has 0 saturated heterocycles. The van der Waals surface area contributed by atoms with Crippen LogP contribution in [0.4, 0.5) is 13.2 Å². The van der Waals surface area contributed by atoms with Gasteiger partial charge in [-0.25, -0.2) is 4.98 Å². The van der Waals surface area contributed by atoms with Gasteiger partial charge >= 0.3 is 6.18 Å². The van der Waals surface area contributed by atoms with Crippen molar-refractivity contribution in [3.63, 3.8) is 0 Å². The minimum Gasteiger partial charge on any atom is -0.508 e. The Morgan fingerprint density at radius 1 is 1.35 bits per heavy atom. The van der Waals surface area contributed by atoms with Gasteiger partial charge in [-0.2, -0.15) is 13.2 Å². The average molecular weight is 286 g/mol. The van der Waals surface area contributed by atoms with Crippen LogP contribution in [-0.4, -0.2) is 25.2 Å². The first-order valence-corrected chi connectivity index (χ1v) is 6.17. The predicted molar refractivity (Wildman–Crippen MR) is 64.5 cm³/mol. The van der Waals surface area contributed by atoms with E-state index in [9.17, 15) is 23.4 Å². The molecular formula is C13H13F3N2O2. The Labute approximate surface area is 112 Å². The number of pyridine rings is 1. The molecule has 0 bridgehead atoms. The van der Waals surface area contributed by atoms with Gasteiger partial charge in [0.25, 0.3) is 0 Å². The van der Waals surface area contributed by atoms with Crippen LogP contribution in [0.25, 0.3) is 5.65 Å². The van der Waals surface area contributed by atoms with Gasteiger partial charge in [0.1, 0.15) is 17.1 Å². The molecule has 0 atom stereocenters. The summed E-state index contributed by atoms with van der Waals surface area (Å²) < 4.78 is 39.7. The van der Waals surface area contributed by atoms with Crippen molar-refractivity contribution in [1.29, 1.82) is 0 Å². The van der Waals surface area contributed by atoms with E-state index in [0.717, 1.165) is 4.40 Å². The van der Waals surface area contributed by atoms with Gasteiger partial charge in [-0.3, -0.25) is 4.40 Å². The Morgan fingerprint density at radius 3 is 2.55 bits per heavy atom. The van der Waals surface area contributed by atoms with Gasteiger partial charge in [-0.1, -0.05) is 0 Å².